The van der Waals surface area contributed by atoms with Crippen LogP contribution in [0.5, 0.6) is 5.75 Å². The van der Waals surface area contributed by atoms with Crippen LogP contribution in [0.1, 0.15) is 11.4 Å². The van der Waals surface area contributed by atoms with Gasteiger partial charge in [-0.05, 0) is 36.8 Å². The maximum atomic E-state index is 13.8. The van der Waals surface area contributed by atoms with E-state index in [1.54, 1.807) is 18.2 Å². The minimum atomic E-state index is -5.02. The highest BCUT2D eigenvalue weighted by atomic mass is 19.4. The van der Waals surface area contributed by atoms with Crippen LogP contribution in [0.25, 0.3) is 39.3 Å². The van der Waals surface area contributed by atoms with Gasteiger partial charge in [0.05, 0.1) is 12.7 Å². The van der Waals surface area contributed by atoms with E-state index >= 15 is 0 Å². The number of rotatable bonds is 3. The van der Waals surface area contributed by atoms with E-state index in [0.717, 1.165) is 12.1 Å². The number of nitrogens with zero attached hydrogens (tertiary/aromatic N) is 3. The average Bonchev–Trinajstić information content (AvgIpc) is 3.34. The minimum Gasteiger partial charge on any atom is -0.494 e. The molecule has 2 aromatic carbocycles. The monoisotopic (exact) mass is 476 g/mol. The molecule has 0 aliphatic carbocycles. The van der Waals surface area contributed by atoms with E-state index in [4.69, 9.17) is 9.15 Å². The summed E-state index contributed by atoms with van der Waals surface area (Å²) in [7, 11) is 1.42. The number of ether oxygens (including phenoxy) is 1. The fourth-order valence-electron chi connectivity index (χ4n) is 3.80. The number of aromatic nitrogens is 4. The van der Waals surface area contributed by atoms with Gasteiger partial charge in [-0.1, -0.05) is 6.07 Å². The van der Waals surface area contributed by atoms with Crippen molar-refractivity contribution >= 4 is 16.7 Å². The van der Waals surface area contributed by atoms with Gasteiger partial charge in [-0.3, -0.25) is 4.79 Å². The summed E-state index contributed by atoms with van der Waals surface area (Å²) in [6, 6.07) is 6.83. The lowest BCUT2D eigenvalue weighted by Crippen LogP contribution is -2.20. The van der Waals surface area contributed by atoms with Crippen LogP contribution in [-0.4, -0.2) is 26.7 Å². The lowest BCUT2D eigenvalue weighted by atomic mass is 10.0. The molecular formula is C22H13F5N4O3. The molecule has 5 rings (SSSR count). The van der Waals surface area contributed by atoms with Gasteiger partial charge < -0.3 is 14.1 Å². The Morgan fingerprint density at radius 2 is 1.79 bits per heavy atom. The molecule has 3 heterocycles. The molecule has 0 saturated heterocycles. The number of aryl methyl sites for hydroxylation is 1. The van der Waals surface area contributed by atoms with Crippen LogP contribution in [0.15, 0.2) is 45.6 Å². The van der Waals surface area contributed by atoms with E-state index in [0.29, 0.717) is 27.4 Å². The fourth-order valence-corrected chi connectivity index (χ4v) is 3.80. The van der Waals surface area contributed by atoms with Gasteiger partial charge in [0.2, 0.25) is 5.89 Å². The number of hydrogen-bond donors (Lipinski definition) is 1. The van der Waals surface area contributed by atoms with E-state index in [-0.39, 0.29) is 17.1 Å². The molecular weight excluding hydrogens is 463 g/mol. The first-order valence-corrected chi connectivity index (χ1v) is 9.71. The van der Waals surface area contributed by atoms with Gasteiger partial charge in [0.15, 0.2) is 16.8 Å². The molecule has 0 aliphatic heterocycles. The van der Waals surface area contributed by atoms with Gasteiger partial charge in [0, 0.05) is 11.8 Å². The van der Waals surface area contributed by atoms with Crippen LogP contribution < -0.4 is 10.3 Å². The smallest absolute Gasteiger partial charge is 0.435 e. The molecule has 1 N–H and O–H groups in total. The topological polar surface area (TPSA) is 85.4 Å². The second-order valence-corrected chi connectivity index (χ2v) is 7.40. The maximum absolute atomic E-state index is 13.8. The third-order valence-electron chi connectivity index (χ3n) is 5.21. The zero-order valence-electron chi connectivity index (χ0n) is 17.4. The summed E-state index contributed by atoms with van der Waals surface area (Å²) >= 11 is 0. The number of benzene rings is 2. The largest absolute Gasteiger partial charge is 0.494 e. The van der Waals surface area contributed by atoms with Crippen molar-refractivity contribution in [1.29, 1.82) is 0 Å². The summed E-state index contributed by atoms with van der Waals surface area (Å²) in [4.78, 5) is 20.2. The number of methoxy groups -OCH3 is 1. The highest BCUT2D eigenvalue weighted by Gasteiger charge is 2.40. The molecule has 0 unspecified atom stereocenters. The van der Waals surface area contributed by atoms with Crippen LogP contribution in [0, 0.1) is 18.6 Å². The Hall–Kier alpha value is -4.22. The second kappa shape index (κ2) is 7.40. The predicted molar refractivity (Wildman–Crippen MR) is 110 cm³/mol. The third kappa shape index (κ3) is 3.29. The molecule has 0 fully saturated rings. The summed E-state index contributed by atoms with van der Waals surface area (Å²) in [5.74, 6) is -1.96. The van der Waals surface area contributed by atoms with Crippen molar-refractivity contribution in [1.82, 2.24) is 19.6 Å². The molecule has 0 atom stereocenters. The lowest BCUT2D eigenvalue weighted by Gasteiger charge is -2.08. The van der Waals surface area contributed by atoms with Crippen molar-refractivity contribution < 1.29 is 31.1 Å². The second-order valence-electron chi connectivity index (χ2n) is 7.40. The van der Waals surface area contributed by atoms with E-state index in [1.165, 1.54) is 14.0 Å². The van der Waals surface area contributed by atoms with Crippen LogP contribution in [-0.2, 0) is 6.18 Å². The molecule has 0 radical (unpaired) electrons. The Labute approximate surface area is 186 Å². The minimum absolute atomic E-state index is 0.106. The summed E-state index contributed by atoms with van der Waals surface area (Å²) < 4.78 is 80.4. The van der Waals surface area contributed by atoms with Crippen LogP contribution in [0.4, 0.5) is 22.0 Å². The number of hydrogen-bond acceptors (Lipinski definition) is 5. The summed E-state index contributed by atoms with van der Waals surface area (Å²) in [6.45, 7) is 1.43. The van der Waals surface area contributed by atoms with E-state index in [2.05, 4.69) is 15.1 Å². The molecule has 0 aliphatic rings. The van der Waals surface area contributed by atoms with Crippen LogP contribution in [0.2, 0.25) is 0 Å². The number of H-pyrrole nitrogens is 1. The molecule has 0 amide bonds. The molecule has 12 heteroatoms. The highest BCUT2D eigenvalue weighted by molar-refractivity contribution is 5.84. The standard InChI is InChI=1S/C22H13F5N4O3/c1-9-15(20-29-17-13(33-2)4-3-5-14(17)34-20)21(32)31-19(28-9)16(18(30-31)22(25,26)27)10-6-11(23)8-12(24)7-10/h3-8,28H,1-2H3. The lowest BCUT2D eigenvalue weighted by molar-refractivity contribution is -0.140. The Morgan fingerprint density at radius 3 is 2.44 bits per heavy atom. The zero-order chi connectivity index (χ0) is 24.4. The average molecular weight is 476 g/mol. The molecule has 7 nitrogen and oxygen atoms in total. The van der Waals surface area contributed by atoms with Crippen LogP contribution in [0.3, 0.4) is 0 Å². The first kappa shape index (κ1) is 21.6. The van der Waals surface area contributed by atoms with Gasteiger partial charge >= 0.3 is 6.18 Å². The van der Waals surface area contributed by atoms with Gasteiger partial charge in [-0.25, -0.2) is 13.8 Å². The molecule has 0 spiro atoms. The van der Waals surface area contributed by atoms with Gasteiger partial charge in [0.1, 0.15) is 28.6 Å². The number of halogens is 5. The van der Waals surface area contributed by atoms with Gasteiger partial charge in [0.25, 0.3) is 5.56 Å². The number of oxazole rings is 1. The zero-order valence-corrected chi connectivity index (χ0v) is 17.4. The van der Waals surface area contributed by atoms with Crippen molar-refractivity contribution in [3.63, 3.8) is 0 Å². The predicted octanol–water partition coefficient (Wildman–Crippen LogP) is 5.11. The first-order valence-electron chi connectivity index (χ1n) is 9.71. The highest BCUT2D eigenvalue weighted by Crippen LogP contribution is 2.39. The number of para-hydroxylation sites is 1. The normalized spacial score (nSPS) is 12.1. The van der Waals surface area contributed by atoms with E-state index in [9.17, 15) is 26.7 Å². The molecule has 0 bridgehead atoms. The Balaban J connectivity index is 1.83. The summed E-state index contributed by atoms with van der Waals surface area (Å²) in [6.07, 6.45) is -5.02. The van der Waals surface area contributed by atoms with Crippen molar-refractivity contribution in [2.24, 2.45) is 0 Å². The van der Waals surface area contributed by atoms with E-state index < -0.39 is 45.8 Å². The molecule has 3 aromatic heterocycles. The van der Waals surface area contributed by atoms with Crippen molar-refractivity contribution in [2.45, 2.75) is 13.1 Å². The quantitative estimate of drug-likeness (QED) is 0.366. The van der Waals surface area contributed by atoms with E-state index in [1.807, 2.05) is 0 Å². The van der Waals surface area contributed by atoms with Crippen molar-refractivity contribution in [3.05, 3.63) is 69.8 Å². The Kier molecular flexibility index (Phi) is 4.71. The van der Waals surface area contributed by atoms with Gasteiger partial charge in [-0.2, -0.15) is 22.8 Å². The number of aromatic amines is 1. The van der Waals surface area contributed by atoms with Gasteiger partial charge in [-0.15, -0.1) is 0 Å². The maximum Gasteiger partial charge on any atom is 0.435 e. The Bertz CT molecular complexity index is 1630. The van der Waals surface area contributed by atoms with Crippen LogP contribution >= 0.6 is 0 Å². The summed E-state index contributed by atoms with van der Waals surface area (Å²) in [5, 5.41) is 3.44. The Morgan fingerprint density at radius 1 is 1.09 bits per heavy atom. The van der Waals surface area contributed by atoms with Crippen molar-refractivity contribution in [3.8, 4) is 28.3 Å². The fraction of sp³-hybridized carbons (Fsp3) is 0.136. The number of fused-ring (bicyclic) bond motifs is 2. The molecule has 174 valence electrons. The third-order valence-corrected chi connectivity index (χ3v) is 5.21. The van der Waals surface area contributed by atoms with Crippen molar-refractivity contribution in [2.75, 3.05) is 7.11 Å². The molecule has 34 heavy (non-hydrogen) atoms. The molecule has 0 saturated carbocycles. The first-order chi connectivity index (χ1) is 16.1. The molecule has 5 aromatic rings. The SMILES string of the molecule is COc1cccc2oc(-c3c(C)[nH]c4c(-c5cc(F)cc(F)c5)c(C(F)(F)F)nn4c3=O)nc12. The summed E-state index contributed by atoms with van der Waals surface area (Å²) in [5.41, 5.74) is -3.41. The number of nitrogens with one attached hydrogen (secondary N) is 1. The number of alkyl halides is 3.